The van der Waals surface area contributed by atoms with Gasteiger partial charge in [-0.1, -0.05) is 36.0 Å². The summed E-state index contributed by atoms with van der Waals surface area (Å²) < 4.78 is 4.03. The number of aryl methyl sites for hydroxylation is 3. The van der Waals surface area contributed by atoms with E-state index in [0.29, 0.717) is 0 Å². The van der Waals surface area contributed by atoms with Crippen LogP contribution in [0.3, 0.4) is 0 Å². The van der Waals surface area contributed by atoms with Crippen LogP contribution in [0.4, 0.5) is 0 Å². The fourth-order valence-electron chi connectivity index (χ4n) is 2.47. The van der Waals surface area contributed by atoms with E-state index in [1.54, 1.807) is 11.8 Å². The minimum absolute atomic E-state index is 0.913. The smallest absolute Gasteiger partial charge is 0.191 e. The Morgan fingerprint density at radius 2 is 2.00 bits per heavy atom. The second-order valence-corrected chi connectivity index (χ2v) is 6.54. The van der Waals surface area contributed by atoms with E-state index in [9.17, 15) is 0 Å². The first-order chi connectivity index (χ1) is 11.2. The zero-order chi connectivity index (χ0) is 16.2. The van der Waals surface area contributed by atoms with Crippen molar-refractivity contribution in [2.24, 2.45) is 7.05 Å². The number of thioether (sulfide) groups is 1. The van der Waals surface area contributed by atoms with E-state index in [4.69, 9.17) is 0 Å². The highest BCUT2D eigenvalue weighted by atomic mass is 32.2. The van der Waals surface area contributed by atoms with Gasteiger partial charge in [-0.3, -0.25) is 4.68 Å². The van der Waals surface area contributed by atoms with Crippen LogP contribution in [0.15, 0.2) is 41.8 Å². The molecule has 0 N–H and O–H groups in total. The van der Waals surface area contributed by atoms with Crippen LogP contribution in [0.25, 0.3) is 11.4 Å². The van der Waals surface area contributed by atoms with Crippen LogP contribution >= 0.6 is 11.8 Å². The van der Waals surface area contributed by atoms with Crippen LogP contribution in [0.2, 0.25) is 0 Å². The van der Waals surface area contributed by atoms with Gasteiger partial charge in [0.25, 0.3) is 0 Å². The molecule has 23 heavy (non-hydrogen) atoms. The summed E-state index contributed by atoms with van der Waals surface area (Å²) in [5, 5.41) is 14.0. The van der Waals surface area contributed by atoms with Crippen molar-refractivity contribution >= 4 is 11.8 Å². The molecule has 2 heterocycles. The van der Waals surface area contributed by atoms with Gasteiger partial charge in [-0.2, -0.15) is 5.10 Å². The summed E-state index contributed by atoms with van der Waals surface area (Å²) in [7, 11) is 2.03. The van der Waals surface area contributed by atoms with Crippen molar-refractivity contribution in [2.75, 3.05) is 5.75 Å². The van der Waals surface area contributed by atoms with Gasteiger partial charge in [-0.05, 0) is 31.4 Å². The maximum Gasteiger partial charge on any atom is 0.191 e. The number of benzene rings is 1. The maximum atomic E-state index is 4.37. The topological polar surface area (TPSA) is 48.5 Å². The molecule has 0 atom stereocenters. The van der Waals surface area contributed by atoms with E-state index in [1.165, 1.54) is 11.1 Å². The third-order valence-corrected chi connectivity index (χ3v) is 4.88. The lowest BCUT2D eigenvalue weighted by Gasteiger charge is -2.06. The summed E-state index contributed by atoms with van der Waals surface area (Å²) in [4.78, 5) is 0. The fourth-order valence-corrected chi connectivity index (χ4v) is 3.37. The van der Waals surface area contributed by atoms with Crippen molar-refractivity contribution in [2.45, 2.75) is 32.0 Å². The molecule has 0 saturated heterocycles. The molecule has 0 spiro atoms. The van der Waals surface area contributed by atoms with E-state index >= 15 is 0 Å². The molecular formula is C17H21N5S. The van der Waals surface area contributed by atoms with Crippen LogP contribution in [0.1, 0.15) is 18.1 Å². The van der Waals surface area contributed by atoms with Gasteiger partial charge in [0.2, 0.25) is 0 Å². The summed E-state index contributed by atoms with van der Waals surface area (Å²) in [5.74, 6) is 1.89. The second-order valence-electron chi connectivity index (χ2n) is 5.48. The molecular weight excluding hydrogens is 306 g/mol. The Labute approximate surface area is 140 Å². The Balaban J connectivity index is 1.67. The van der Waals surface area contributed by atoms with E-state index in [1.807, 2.05) is 30.1 Å². The van der Waals surface area contributed by atoms with Crippen molar-refractivity contribution in [3.63, 3.8) is 0 Å². The summed E-state index contributed by atoms with van der Waals surface area (Å²) >= 11 is 1.73. The van der Waals surface area contributed by atoms with Crippen LogP contribution < -0.4 is 0 Å². The number of hydrogen-bond acceptors (Lipinski definition) is 4. The molecule has 1 aromatic carbocycles. The third kappa shape index (κ3) is 3.47. The van der Waals surface area contributed by atoms with Gasteiger partial charge in [0.1, 0.15) is 0 Å². The molecule has 0 bridgehead atoms. The number of nitrogens with zero attached hydrogens (tertiary/aromatic N) is 5. The average molecular weight is 327 g/mol. The van der Waals surface area contributed by atoms with Crippen molar-refractivity contribution in [1.29, 1.82) is 0 Å². The maximum absolute atomic E-state index is 4.37. The molecule has 2 aromatic heterocycles. The molecule has 0 amide bonds. The molecule has 0 aliphatic carbocycles. The molecule has 0 fully saturated rings. The third-order valence-electron chi connectivity index (χ3n) is 3.85. The average Bonchev–Trinajstić information content (AvgIpc) is 3.16. The highest BCUT2D eigenvalue weighted by Gasteiger charge is 2.12. The number of aromatic nitrogens is 5. The molecule has 120 valence electrons. The molecule has 0 saturated carbocycles. The zero-order valence-corrected chi connectivity index (χ0v) is 14.5. The zero-order valence-electron chi connectivity index (χ0n) is 13.7. The lowest BCUT2D eigenvalue weighted by Crippen LogP contribution is -1.97. The summed E-state index contributed by atoms with van der Waals surface area (Å²) in [6.45, 7) is 5.11. The van der Waals surface area contributed by atoms with Crippen LogP contribution in [0, 0.1) is 6.92 Å². The molecule has 0 aliphatic heterocycles. The minimum atomic E-state index is 0.913. The first-order valence-electron chi connectivity index (χ1n) is 7.78. The largest absolute Gasteiger partial charge is 0.305 e. The predicted molar refractivity (Wildman–Crippen MR) is 93.5 cm³/mol. The van der Waals surface area contributed by atoms with Gasteiger partial charge in [-0.15, -0.1) is 10.2 Å². The summed E-state index contributed by atoms with van der Waals surface area (Å²) in [6, 6.07) is 8.27. The fraction of sp³-hybridized carbons (Fsp3) is 0.353. The van der Waals surface area contributed by atoms with Crippen molar-refractivity contribution in [3.8, 4) is 11.4 Å². The Morgan fingerprint density at radius 1 is 1.17 bits per heavy atom. The Hall–Kier alpha value is -2.08. The highest BCUT2D eigenvalue weighted by molar-refractivity contribution is 7.99. The van der Waals surface area contributed by atoms with Crippen LogP contribution in [-0.2, 0) is 20.0 Å². The Morgan fingerprint density at radius 3 is 2.74 bits per heavy atom. The quantitative estimate of drug-likeness (QED) is 0.652. The monoisotopic (exact) mass is 327 g/mol. The molecule has 6 heteroatoms. The van der Waals surface area contributed by atoms with E-state index in [-0.39, 0.29) is 0 Å². The van der Waals surface area contributed by atoms with Gasteiger partial charge in [0.15, 0.2) is 11.0 Å². The van der Waals surface area contributed by atoms with E-state index in [2.05, 4.69) is 52.0 Å². The van der Waals surface area contributed by atoms with Gasteiger partial charge in [0.05, 0.1) is 6.20 Å². The second kappa shape index (κ2) is 7.00. The summed E-state index contributed by atoms with van der Waals surface area (Å²) in [5.41, 5.74) is 3.62. The Kier molecular flexibility index (Phi) is 4.81. The highest BCUT2D eigenvalue weighted by Crippen LogP contribution is 2.25. The lowest BCUT2D eigenvalue weighted by molar-refractivity contribution is 0.659. The molecule has 0 unspecified atom stereocenters. The molecule has 5 nitrogen and oxygen atoms in total. The van der Waals surface area contributed by atoms with Crippen LogP contribution in [-0.4, -0.2) is 30.3 Å². The van der Waals surface area contributed by atoms with Gasteiger partial charge < -0.3 is 4.57 Å². The molecule has 3 rings (SSSR count). The number of hydrogen-bond donors (Lipinski definition) is 0. The van der Waals surface area contributed by atoms with E-state index < -0.39 is 0 Å². The first kappa shape index (κ1) is 15.8. The van der Waals surface area contributed by atoms with Crippen molar-refractivity contribution < 1.29 is 0 Å². The lowest BCUT2D eigenvalue weighted by atomic mass is 10.1. The van der Waals surface area contributed by atoms with Gasteiger partial charge in [-0.25, -0.2) is 0 Å². The standard InChI is InChI=1S/C17H21N5S/c1-4-22-12-14(11-18-22)9-10-23-17-20-19-16(21(17)3)15-8-6-5-7-13(15)2/h5-8,11-12H,4,9-10H2,1-3H3. The number of rotatable bonds is 6. The minimum Gasteiger partial charge on any atom is -0.305 e. The predicted octanol–water partition coefficient (Wildman–Crippen LogP) is 3.34. The van der Waals surface area contributed by atoms with Crippen LogP contribution in [0.5, 0.6) is 0 Å². The Bertz CT molecular complexity index is 790. The SMILES string of the molecule is CCn1cc(CCSc2nnc(-c3ccccc3C)n2C)cn1. The van der Waals surface area contributed by atoms with E-state index in [0.717, 1.165) is 35.3 Å². The molecule has 0 radical (unpaired) electrons. The first-order valence-corrected chi connectivity index (χ1v) is 8.77. The molecule has 0 aliphatic rings. The van der Waals surface area contributed by atoms with Gasteiger partial charge in [0, 0.05) is 31.1 Å². The van der Waals surface area contributed by atoms with Gasteiger partial charge >= 0.3 is 0 Å². The normalized spacial score (nSPS) is 11.1. The molecule has 3 aromatic rings. The summed E-state index contributed by atoms with van der Waals surface area (Å²) in [6.07, 6.45) is 5.03. The van der Waals surface area contributed by atoms with Crippen molar-refractivity contribution in [3.05, 3.63) is 47.8 Å². The van der Waals surface area contributed by atoms with Crippen molar-refractivity contribution in [1.82, 2.24) is 24.5 Å².